The molecule has 134 valence electrons. The second-order valence-electron chi connectivity index (χ2n) is 7.27. The van der Waals surface area contributed by atoms with Crippen molar-refractivity contribution in [1.29, 1.82) is 0 Å². The summed E-state index contributed by atoms with van der Waals surface area (Å²) in [6, 6.07) is 34.6. The number of para-hydroxylation sites is 2. The molecule has 0 bridgehead atoms. The van der Waals surface area contributed by atoms with Crippen LogP contribution in [-0.4, -0.2) is 4.57 Å². The molecular formula is C27H21N. The van der Waals surface area contributed by atoms with E-state index in [4.69, 9.17) is 0 Å². The predicted octanol–water partition coefficient (Wildman–Crippen LogP) is 7.48. The monoisotopic (exact) mass is 359 g/mol. The van der Waals surface area contributed by atoms with Gasteiger partial charge in [-0.15, -0.1) is 0 Å². The van der Waals surface area contributed by atoms with Gasteiger partial charge in [0.25, 0.3) is 0 Å². The fraction of sp³-hybridized carbons (Fsp3) is 0.0370. The largest absolute Gasteiger partial charge is 0.309 e. The zero-order valence-electron chi connectivity index (χ0n) is 15.9. The molecule has 0 fully saturated rings. The molecule has 0 radical (unpaired) electrons. The average Bonchev–Trinajstić information content (AvgIpc) is 3.08. The smallest absolute Gasteiger partial charge is 0.0541 e. The van der Waals surface area contributed by atoms with Crippen molar-refractivity contribution in [3.63, 3.8) is 0 Å². The fourth-order valence-electron chi connectivity index (χ4n) is 3.95. The maximum absolute atomic E-state index is 4.01. The van der Waals surface area contributed by atoms with Gasteiger partial charge in [0, 0.05) is 16.5 Å². The predicted molar refractivity (Wildman–Crippen MR) is 121 cm³/mol. The fourth-order valence-corrected chi connectivity index (χ4v) is 3.95. The molecule has 1 nitrogen and oxygen atoms in total. The number of hydrogen-bond donors (Lipinski definition) is 0. The molecule has 0 amide bonds. The minimum absolute atomic E-state index is 1.09. The first-order valence-electron chi connectivity index (χ1n) is 9.57. The quantitative estimate of drug-likeness (QED) is 0.314. The van der Waals surface area contributed by atoms with Crippen molar-refractivity contribution in [2.45, 2.75) is 6.92 Å². The Morgan fingerprint density at radius 2 is 1.07 bits per heavy atom. The van der Waals surface area contributed by atoms with Gasteiger partial charge in [-0.3, -0.25) is 0 Å². The van der Waals surface area contributed by atoms with Crippen LogP contribution in [0.5, 0.6) is 0 Å². The Kier molecular flexibility index (Phi) is 3.87. The molecular weight excluding hydrogens is 338 g/mol. The molecule has 0 saturated carbocycles. The summed E-state index contributed by atoms with van der Waals surface area (Å²) in [6.07, 6.45) is 0. The molecule has 0 atom stereocenters. The van der Waals surface area contributed by atoms with Crippen molar-refractivity contribution in [3.05, 3.63) is 109 Å². The van der Waals surface area contributed by atoms with E-state index in [-0.39, 0.29) is 0 Å². The summed E-state index contributed by atoms with van der Waals surface area (Å²) in [4.78, 5) is 0. The zero-order chi connectivity index (χ0) is 19.1. The normalized spacial score (nSPS) is 11.2. The minimum atomic E-state index is 1.09. The van der Waals surface area contributed by atoms with E-state index in [1.54, 1.807) is 0 Å². The molecule has 0 aliphatic carbocycles. The SMILES string of the molecule is C=C(C)c1ccc(-c2ccc(-n3c4ccccc4c4ccccc43)cc2)cc1. The maximum atomic E-state index is 4.01. The van der Waals surface area contributed by atoms with Crippen molar-refractivity contribution in [1.82, 2.24) is 4.57 Å². The van der Waals surface area contributed by atoms with Gasteiger partial charge >= 0.3 is 0 Å². The van der Waals surface area contributed by atoms with Crippen molar-refractivity contribution in [2.24, 2.45) is 0 Å². The molecule has 0 saturated heterocycles. The van der Waals surface area contributed by atoms with Gasteiger partial charge in [-0.25, -0.2) is 0 Å². The second-order valence-corrected chi connectivity index (χ2v) is 7.27. The van der Waals surface area contributed by atoms with Crippen LogP contribution in [0.4, 0.5) is 0 Å². The Morgan fingerprint density at radius 3 is 1.57 bits per heavy atom. The first-order chi connectivity index (χ1) is 13.7. The third-order valence-corrected chi connectivity index (χ3v) is 5.42. The van der Waals surface area contributed by atoms with Crippen LogP contribution in [0, 0.1) is 0 Å². The van der Waals surface area contributed by atoms with Crippen LogP contribution in [0.3, 0.4) is 0 Å². The first kappa shape index (κ1) is 16.6. The van der Waals surface area contributed by atoms with Gasteiger partial charge in [0.15, 0.2) is 0 Å². The molecule has 1 heteroatoms. The highest BCUT2D eigenvalue weighted by atomic mass is 15.0. The van der Waals surface area contributed by atoms with E-state index in [9.17, 15) is 0 Å². The lowest BCUT2D eigenvalue weighted by Crippen LogP contribution is -1.93. The molecule has 5 rings (SSSR count). The summed E-state index contributed by atoms with van der Waals surface area (Å²) in [5.41, 5.74) is 8.37. The van der Waals surface area contributed by atoms with E-state index in [2.05, 4.69) is 108 Å². The number of benzene rings is 4. The second kappa shape index (κ2) is 6.54. The van der Waals surface area contributed by atoms with Crippen LogP contribution in [-0.2, 0) is 0 Å². The summed E-state index contributed by atoms with van der Waals surface area (Å²) >= 11 is 0. The Morgan fingerprint density at radius 1 is 0.607 bits per heavy atom. The van der Waals surface area contributed by atoms with E-state index in [1.165, 1.54) is 44.2 Å². The van der Waals surface area contributed by atoms with Gasteiger partial charge in [0.2, 0.25) is 0 Å². The Labute approximate surface area is 165 Å². The molecule has 0 spiro atoms. The topological polar surface area (TPSA) is 4.93 Å². The van der Waals surface area contributed by atoms with Crippen molar-refractivity contribution < 1.29 is 0 Å². The van der Waals surface area contributed by atoms with Crippen molar-refractivity contribution in [2.75, 3.05) is 0 Å². The summed E-state index contributed by atoms with van der Waals surface area (Å²) in [6.45, 7) is 6.05. The molecule has 0 aliphatic rings. The van der Waals surface area contributed by atoms with Gasteiger partial charge in [-0.2, -0.15) is 0 Å². The number of aromatic nitrogens is 1. The standard InChI is InChI=1S/C27H21N/c1-19(2)20-11-13-21(14-12-20)22-15-17-23(18-16-22)28-26-9-5-3-7-24(26)25-8-4-6-10-27(25)28/h3-18H,1H2,2H3. The molecule has 5 aromatic rings. The summed E-state index contributed by atoms with van der Waals surface area (Å²) in [5.74, 6) is 0. The Bertz CT molecular complexity index is 1250. The molecule has 1 aromatic heterocycles. The molecule has 28 heavy (non-hydrogen) atoms. The van der Waals surface area contributed by atoms with E-state index in [1.807, 2.05) is 6.92 Å². The van der Waals surface area contributed by atoms with Crippen LogP contribution in [0.15, 0.2) is 104 Å². The third kappa shape index (κ3) is 2.64. The number of rotatable bonds is 3. The zero-order valence-corrected chi connectivity index (χ0v) is 15.9. The lowest BCUT2D eigenvalue weighted by molar-refractivity contribution is 1.18. The third-order valence-electron chi connectivity index (χ3n) is 5.42. The highest BCUT2D eigenvalue weighted by Gasteiger charge is 2.11. The van der Waals surface area contributed by atoms with Crippen LogP contribution in [0.2, 0.25) is 0 Å². The van der Waals surface area contributed by atoms with Gasteiger partial charge < -0.3 is 4.57 Å². The molecule has 4 aromatic carbocycles. The number of nitrogens with zero attached hydrogens (tertiary/aromatic N) is 1. The lowest BCUT2D eigenvalue weighted by atomic mass is 10.0. The van der Waals surface area contributed by atoms with Gasteiger partial charge in [-0.1, -0.05) is 84.9 Å². The highest BCUT2D eigenvalue weighted by molar-refractivity contribution is 6.09. The number of allylic oxidation sites excluding steroid dienone is 1. The van der Waals surface area contributed by atoms with Crippen molar-refractivity contribution in [3.8, 4) is 16.8 Å². The number of fused-ring (bicyclic) bond motifs is 3. The lowest BCUT2D eigenvalue weighted by Gasteiger charge is -2.10. The molecule has 0 aliphatic heterocycles. The highest BCUT2D eigenvalue weighted by Crippen LogP contribution is 2.32. The van der Waals surface area contributed by atoms with Gasteiger partial charge in [-0.05, 0) is 47.9 Å². The summed E-state index contributed by atoms with van der Waals surface area (Å²) in [5, 5.41) is 2.58. The van der Waals surface area contributed by atoms with E-state index in [0.717, 1.165) is 5.57 Å². The van der Waals surface area contributed by atoms with Crippen LogP contribution in [0.25, 0.3) is 44.2 Å². The van der Waals surface area contributed by atoms with E-state index in [0.29, 0.717) is 0 Å². The number of hydrogen-bond acceptors (Lipinski definition) is 0. The summed E-state index contributed by atoms with van der Waals surface area (Å²) < 4.78 is 2.35. The van der Waals surface area contributed by atoms with Crippen LogP contribution < -0.4 is 0 Å². The average molecular weight is 359 g/mol. The molecule has 0 N–H and O–H groups in total. The van der Waals surface area contributed by atoms with Gasteiger partial charge in [0.1, 0.15) is 0 Å². The molecule has 0 unspecified atom stereocenters. The Balaban J connectivity index is 1.62. The van der Waals surface area contributed by atoms with E-state index < -0.39 is 0 Å². The van der Waals surface area contributed by atoms with Crippen LogP contribution >= 0.6 is 0 Å². The maximum Gasteiger partial charge on any atom is 0.0541 e. The Hall–Kier alpha value is -3.58. The first-order valence-corrected chi connectivity index (χ1v) is 9.57. The van der Waals surface area contributed by atoms with Crippen LogP contribution in [0.1, 0.15) is 12.5 Å². The van der Waals surface area contributed by atoms with Gasteiger partial charge in [0.05, 0.1) is 11.0 Å². The minimum Gasteiger partial charge on any atom is -0.309 e. The molecule has 1 heterocycles. The van der Waals surface area contributed by atoms with Crippen molar-refractivity contribution >= 4 is 27.4 Å². The van der Waals surface area contributed by atoms with E-state index >= 15 is 0 Å². The summed E-state index contributed by atoms with van der Waals surface area (Å²) in [7, 11) is 0.